The third kappa shape index (κ3) is 3.11. The van der Waals surface area contributed by atoms with E-state index in [0.717, 1.165) is 16.0 Å². The van der Waals surface area contributed by atoms with Gasteiger partial charge >= 0.3 is 0 Å². The fourth-order valence-electron chi connectivity index (χ4n) is 1.60. The summed E-state index contributed by atoms with van der Waals surface area (Å²) in [6, 6.07) is 11.7. The minimum absolute atomic E-state index is 0.00584. The van der Waals surface area contributed by atoms with Crippen molar-refractivity contribution in [2.24, 2.45) is 0 Å². The van der Waals surface area contributed by atoms with Crippen LogP contribution in [-0.4, -0.2) is 10.6 Å². The topological polar surface area (TPSA) is 17.1 Å². The lowest BCUT2D eigenvalue weighted by Crippen LogP contribution is -2.18. The van der Waals surface area contributed by atoms with Crippen LogP contribution in [0.2, 0.25) is 0 Å². The highest BCUT2D eigenvalue weighted by molar-refractivity contribution is 9.12. The zero-order valence-corrected chi connectivity index (χ0v) is 13.8. The van der Waals surface area contributed by atoms with E-state index in [9.17, 15) is 4.79 Å². The van der Waals surface area contributed by atoms with Crippen molar-refractivity contribution in [3.8, 4) is 0 Å². The number of rotatable bonds is 4. The van der Waals surface area contributed by atoms with Gasteiger partial charge in [-0.2, -0.15) is 0 Å². The molecule has 0 saturated heterocycles. The molecule has 1 nitrogen and oxygen atoms in total. The third-order valence-electron chi connectivity index (χ3n) is 2.66. The number of aryl methyl sites for hydroxylation is 1. The first-order valence-corrected chi connectivity index (χ1v) is 8.23. The second-order valence-electron chi connectivity index (χ2n) is 4.05. The van der Waals surface area contributed by atoms with Gasteiger partial charge in [0.25, 0.3) is 0 Å². The van der Waals surface area contributed by atoms with Gasteiger partial charge in [-0.25, -0.2) is 0 Å². The van der Waals surface area contributed by atoms with Gasteiger partial charge in [0.05, 0.1) is 9.65 Å². The Kier molecular flexibility index (Phi) is 4.76. The Morgan fingerprint density at radius 3 is 2.39 bits per heavy atom. The van der Waals surface area contributed by atoms with E-state index in [1.165, 1.54) is 0 Å². The number of thiophene rings is 1. The van der Waals surface area contributed by atoms with Crippen LogP contribution in [0.4, 0.5) is 0 Å². The van der Waals surface area contributed by atoms with Crippen molar-refractivity contribution >= 4 is 49.0 Å². The van der Waals surface area contributed by atoms with Gasteiger partial charge in [0, 0.05) is 10.4 Å². The average Bonchev–Trinajstić information content (AvgIpc) is 2.91. The van der Waals surface area contributed by atoms with E-state index < -0.39 is 0 Å². The fourth-order valence-corrected chi connectivity index (χ4v) is 3.78. The molecule has 0 aliphatic heterocycles. The van der Waals surface area contributed by atoms with E-state index in [1.807, 2.05) is 48.7 Å². The van der Waals surface area contributed by atoms with Crippen molar-refractivity contribution in [2.75, 3.05) is 0 Å². The number of Topliss-reactive ketones (excluding diaryl/α,β-unsaturated/α-hetero) is 1. The van der Waals surface area contributed by atoms with Crippen molar-refractivity contribution in [2.45, 2.75) is 16.6 Å². The first kappa shape index (κ1) is 14.0. The summed E-state index contributed by atoms with van der Waals surface area (Å²) in [5, 5.41) is 2.01. The minimum Gasteiger partial charge on any atom is -0.293 e. The molecular weight excluding hydrogens is 376 g/mol. The molecule has 0 spiro atoms. The molecule has 0 saturated carbocycles. The van der Waals surface area contributed by atoms with Gasteiger partial charge < -0.3 is 0 Å². The molecule has 0 radical (unpaired) electrons. The maximum atomic E-state index is 12.3. The summed E-state index contributed by atoms with van der Waals surface area (Å²) in [6.07, 6.45) is 0. The number of carbonyl (C=O) groups is 1. The molecule has 1 aromatic heterocycles. The lowest BCUT2D eigenvalue weighted by Gasteiger charge is -2.14. The van der Waals surface area contributed by atoms with E-state index >= 15 is 0 Å². The third-order valence-corrected chi connectivity index (χ3v) is 6.59. The number of halogens is 2. The molecule has 1 heterocycles. The van der Waals surface area contributed by atoms with E-state index in [2.05, 4.69) is 31.9 Å². The molecular formula is C14H12Br2OS. The highest BCUT2D eigenvalue weighted by atomic mass is 79.9. The first-order chi connectivity index (χ1) is 8.59. The second-order valence-corrected chi connectivity index (χ2v) is 7.00. The SMILES string of the molecule is Cc1ccc(C(=O)[C@@H](Br)[C@@H](Br)c2cccs2)cc1. The first-order valence-electron chi connectivity index (χ1n) is 5.52. The van der Waals surface area contributed by atoms with Crippen LogP contribution in [0.5, 0.6) is 0 Å². The summed E-state index contributed by atoms with van der Waals surface area (Å²) in [7, 11) is 0. The normalized spacial score (nSPS) is 14.2. The predicted octanol–water partition coefficient (Wildman–Crippen LogP) is 5.14. The van der Waals surface area contributed by atoms with E-state index in [-0.39, 0.29) is 15.4 Å². The smallest absolute Gasteiger partial charge is 0.177 e. The molecule has 1 aromatic carbocycles. The van der Waals surface area contributed by atoms with Crippen LogP contribution in [0.3, 0.4) is 0 Å². The lowest BCUT2D eigenvalue weighted by atomic mass is 10.0. The van der Waals surface area contributed by atoms with Crippen LogP contribution in [0.1, 0.15) is 25.6 Å². The zero-order valence-electron chi connectivity index (χ0n) is 9.77. The van der Waals surface area contributed by atoms with Gasteiger partial charge in [-0.15, -0.1) is 11.3 Å². The molecule has 94 valence electrons. The highest BCUT2D eigenvalue weighted by Gasteiger charge is 2.26. The molecule has 0 N–H and O–H groups in total. The Bertz CT molecular complexity index is 519. The van der Waals surface area contributed by atoms with Crippen molar-refractivity contribution in [1.82, 2.24) is 0 Å². The number of hydrogen-bond acceptors (Lipinski definition) is 2. The lowest BCUT2D eigenvalue weighted by molar-refractivity contribution is 0.0991. The van der Waals surface area contributed by atoms with Crippen LogP contribution >= 0.6 is 43.2 Å². The maximum Gasteiger partial charge on any atom is 0.177 e. The van der Waals surface area contributed by atoms with Crippen molar-refractivity contribution in [3.05, 3.63) is 57.8 Å². The maximum absolute atomic E-state index is 12.3. The Balaban J connectivity index is 2.16. The zero-order chi connectivity index (χ0) is 13.1. The molecule has 0 aliphatic carbocycles. The molecule has 0 aliphatic rings. The van der Waals surface area contributed by atoms with Crippen molar-refractivity contribution in [1.29, 1.82) is 0 Å². The van der Waals surface area contributed by atoms with E-state index in [1.54, 1.807) is 11.3 Å². The molecule has 4 heteroatoms. The van der Waals surface area contributed by atoms with Gasteiger partial charge in [-0.05, 0) is 18.4 Å². The highest BCUT2D eigenvalue weighted by Crippen LogP contribution is 2.35. The monoisotopic (exact) mass is 386 g/mol. The number of ketones is 1. The van der Waals surface area contributed by atoms with Crippen molar-refractivity contribution in [3.63, 3.8) is 0 Å². The molecule has 18 heavy (non-hydrogen) atoms. The van der Waals surface area contributed by atoms with Crippen LogP contribution < -0.4 is 0 Å². The summed E-state index contributed by atoms with van der Waals surface area (Å²) in [5.74, 6) is 0.102. The quantitative estimate of drug-likeness (QED) is 0.524. The Hall–Kier alpha value is -0.450. The van der Waals surface area contributed by atoms with Gasteiger partial charge in [0.2, 0.25) is 0 Å². The van der Waals surface area contributed by atoms with Gasteiger partial charge in [0.1, 0.15) is 0 Å². The number of alkyl halides is 2. The number of benzene rings is 1. The average molecular weight is 388 g/mol. The molecule has 2 atom stereocenters. The summed E-state index contributed by atoms with van der Waals surface area (Å²) in [6.45, 7) is 2.01. The Morgan fingerprint density at radius 1 is 1.17 bits per heavy atom. The van der Waals surface area contributed by atoms with Crippen LogP contribution in [0.25, 0.3) is 0 Å². The van der Waals surface area contributed by atoms with Crippen LogP contribution in [0, 0.1) is 6.92 Å². The van der Waals surface area contributed by atoms with Gasteiger partial charge in [0.15, 0.2) is 5.78 Å². The molecule has 0 fully saturated rings. The molecule has 0 bridgehead atoms. The number of carbonyl (C=O) groups excluding carboxylic acids is 1. The van der Waals surface area contributed by atoms with E-state index in [4.69, 9.17) is 0 Å². The fraction of sp³-hybridized carbons (Fsp3) is 0.214. The van der Waals surface area contributed by atoms with Crippen molar-refractivity contribution < 1.29 is 4.79 Å². The Morgan fingerprint density at radius 2 is 1.83 bits per heavy atom. The number of hydrogen-bond donors (Lipinski definition) is 0. The van der Waals surface area contributed by atoms with Gasteiger partial charge in [-0.1, -0.05) is 67.8 Å². The molecule has 0 unspecified atom stereocenters. The molecule has 0 amide bonds. The predicted molar refractivity (Wildman–Crippen MR) is 84.2 cm³/mol. The summed E-state index contributed by atoms with van der Waals surface area (Å²) in [4.78, 5) is 13.2. The largest absolute Gasteiger partial charge is 0.293 e. The summed E-state index contributed by atoms with van der Waals surface area (Å²) >= 11 is 8.73. The second kappa shape index (κ2) is 6.13. The Labute approximate surface area is 127 Å². The minimum atomic E-state index is -0.251. The van der Waals surface area contributed by atoms with E-state index in [0.29, 0.717) is 0 Å². The standard InChI is InChI=1S/C14H12Br2OS/c1-9-4-6-10(7-5-9)14(17)13(16)12(15)11-3-2-8-18-11/h2-8,12-13H,1H3/t12-,13-/m0/s1. The van der Waals surface area contributed by atoms with Crippen LogP contribution in [0.15, 0.2) is 41.8 Å². The molecule has 2 rings (SSSR count). The van der Waals surface area contributed by atoms with Crippen LogP contribution in [-0.2, 0) is 0 Å². The summed E-state index contributed by atoms with van der Waals surface area (Å²) < 4.78 is 0. The van der Waals surface area contributed by atoms with Gasteiger partial charge in [-0.3, -0.25) is 4.79 Å². The molecule has 2 aromatic rings. The summed E-state index contributed by atoms with van der Waals surface area (Å²) in [5.41, 5.74) is 1.90.